The van der Waals surface area contributed by atoms with E-state index in [9.17, 15) is 0 Å². The largest absolute Gasteiger partial charge is 0.379 e. The summed E-state index contributed by atoms with van der Waals surface area (Å²) < 4.78 is 0. The average molecular weight is 184 g/mol. The van der Waals surface area contributed by atoms with Crippen LogP contribution in [0.5, 0.6) is 0 Å². The molecule has 68 valence electrons. The minimum atomic E-state index is 0.251. The fourth-order valence-corrected chi connectivity index (χ4v) is 2.10. The highest BCUT2D eigenvalue weighted by Gasteiger charge is 2.12. The Morgan fingerprint density at radius 1 is 1.83 bits per heavy atom. The number of nitrogens with one attached hydrogen (secondary N) is 1. The molecule has 0 saturated carbocycles. The summed E-state index contributed by atoms with van der Waals surface area (Å²) in [5.74, 6) is 1.75. The number of hydrogen-bond donors (Lipinski definition) is 2. The highest BCUT2D eigenvalue weighted by molar-refractivity contribution is 8.13. The van der Waals surface area contributed by atoms with Crippen molar-refractivity contribution in [2.45, 2.75) is 26.2 Å². The second-order valence-corrected chi connectivity index (χ2v) is 4.43. The molecular formula is C9H16N2S. The normalized spacial score (nSPS) is 23.4. The number of nitrogens with two attached hydrogens (primary N) is 1. The van der Waals surface area contributed by atoms with Gasteiger partial charge in [0.05, 0.1) is 0 Å². The molecule has 1 unspecified atom stereocenters. The molecule has 0 spiro atoms. The lowest BCUT2D eigenvalue weighted by Gasteiger charge is -2.19. The molecule has 0 aromatic carbocycles. The van der Waals surface area contributed by atoms with Crippen molar-refractivity contribution in [3.8, 4) is 0 Å². The van der Waals surface area contributed by atoms with Gasteiger partial charge in [0.25, 0.3) is 0 Å². The predicted octanol–water partition coefficient (Wildman–Crippen LogP) is 2.36. The molecule has 0 fully saturated rings. The van der Waals surface area contributed by atoms with Crippen LogP contribution in [0.1, 0.15) is 26.2 Å². The minimum Gasteiger partial charge on any atom is -0.379 e. The van der Waals surface area contributed by atoms with Crippen molar-refractivity contribution < 1.29 is 0 Å². The number of hydrogen-bond acceptors (Lipinski definition) is 2. The maximum atomic E-state index is 7.08. The molecule has 0 heterocycles. The Kier molecular flexibility index (Phi) is 3.66. The SMILES string of the molecule is CC1=CCC(CSC(=N)N)CC1. The van der Waals surface area contributed by atoms with Crippen molar-refractivity contribution in [3.63, 3.8) is 0 Å². The molecule has 0 radical (unpaired) electrons. The first-order valence-corrected chi connectivity index (χ1v) is 5.29. The summed E-state index contributed by atoms with van der Waals surface area (Å²) in [7, 11) is 0. The summed E-state index contributed by atoms with van der Waals surface area (Å²) in [6, 6.07) is 0. The van der Waals surface area contributed by atoms with Gasteiger partial charge >= 0.3 is 0 Å². The molecule has 0 bridgehead atoms. The Hall–Kier alpha value is -0.440. The molecule has 0 amide bonds. The summed E-state index contributed by atoms with van der Waals surface area (Å²) in [6.07, 6.45) is 5.98. The van der Waals surface area contributed by atoms with Crippen molar-refractivity contribution in [3.05, 3.63) is 11.6 Å². The quantitative estimate of drug-likeness (QED) is 0.393. The van der Waals surface area contributed by atoms with Crippen LogP contribution >= 0.6 is 11.8 Å². The van der Waals surface area contributed by atoms with Gasteiger partial charge in [0, 0.05) is 5.75 Å². The van der Waals surface area contributed by atoms with E-state index in [1.807, 2.05) is 0 Å². The molecule has 3 heteroatoms. The van der Waals surface area contributed by atoms with E-state index in [0.717, 1.165) is 11.7 Å². The molecule has 1 rings (SSSR count). The van der Waals surface area contributed by atoms with Gasteiger partial charge in [-0.3, -0.25) is 5.41 Å². The monoisotopic (exact) mass is 184 g/mol. The van der Waals surface area contributed by atoms with Crippen molar-refractivity contribution >= 4 is 16.9 Å². The van der Waals surface area contributed by atoms with Crippen LogP contribution in [0.25, 0.3) is 0 Å². The lowest BCUT2D eigenvalue weighted by molar-refractivity contribution is 0.523. The Morgan fingerprint density at radius 3 is 3.08 bits per heavy atom. The maximum absolute atomic E-state index is 7.08. The Morgan fingerprint density at radius 2 is 2.58 bits per heavy atom. The third-order valence-corrected chi connectivity index (χ3v) is 3.17. The smallest absolute Gasteiger partial charge is 0.151 e. The van der Waals surface area contributed by atoms with Crippen molar-refractivity contribution in [1.82, 2.24) is 0 Å². The van der Waals surface area contributed by atoms with Crippen LogP contribution < -0.4 is 5.73 Å². The standard InChI is InChI=1S/C9H16N2S/c1-7-2-4-8(5-3-7)6-12-9(10)11/h2,8H,3-6H2,1H3,(H3,10,11). The van der Waals surface area contributed by atoms with E-state index in [2.05, 4.69) is 13.0 Å². The Labute approximate surface area is 78.1 Å². The number of amidine groups is 1. The van der Waals surface area contributed by atoms with Crippen molar-refractivity contribution in [2.75, 3.05) is 5.75 Å². The second-order valence-electron chi connectivity index (χ2n) is 3.37. The van der Waals surface area contributed by atoms with Gasteiger partial charge < -0.3 is 5.73 Å². The topological polar surface area (TPSA) is 49.9 Å². The summed E-state index contributed by atoms with van der Waals surface area (Å²) in [5.41, 5.74) is 6.78. The number of allylic oxidation sites excluding steroid dienone is 2. The molecule has 12 heavy (non-hydrogen) atoms. The molecule has 2 nitrogen and oxygen atoms in total. The van der Waals surface area contributed by atoms with Crippen LogP contribution in [0.2, 0.25) is 0 Å². The lowest BCUT2D eigenvalue weighted by atomic mass is 9.92. The summed E-state index contributed by atoms with van der Waals surface area (Å²) in [6.45, 7) is 2.19. The second kappa shape index (κ2) is 4.55. The highest BCUT2D eigenvalue weighted by Crippen LogP contribution is 2.25. The van der Waals surface area contributed by atoms with E-state index in [4.69, 9.17) is 11.1 Å². The average Bonchev–Trinajstić information content (AvgIpc) is 2.03. The van der Waals surface area contributed by atoms with E-state index in [-0.39, 0.29) is 5.17 Å². The van der Waals surface area contributed by atoms with Gasteiger partial charge in [-0.05, 0) is 32.1 Å². The van der Waals surface area contributed by atoms with Crippen LogP contribution in [-0.4, -0.2) is 10.9 Å². The minimum absolute atomic E-state index is 0.251. The first-order valence-electron chi connectivity index (χ1n) is 4.31. The van der Waals surface area contributed by atoms with E-state index in [1.165, 1.54) is 36.6 Å². The summed E-state index contributed by atoms with van der Waals surface area (Å²) in [4.78, 5) is 0. The van der Waals surface area contributed by atoms with Crippen LogP contribution in [0.15, 0.2) is 11.6 Å². The van der Waals surface area contributed by atoms with Gasteiger partial charge in [0.15, 0.2) is 5.17 Å². The van der Waals surface area contributed by atoms with E-state index >= 15 is 0 Å². The third-order valence-electron chi connectivity index (χ3n) is 2.22. The van der Waals surface area contributed by atoms with Crippen LogP contribution in [-0.2, 0) is 0 Å². The molecule has 0 aromatic heterocycles. The lowest BCUT2D eigenvalue weighted by Crippen LogP contribution is -2.12. The fourth-order valence-electron chi connectivity index (χ4n) is 1.38. The van der Waals surface area contributed by atoms with Gasteiger partial charge in [0.1, 0.15) is 0 Å². The zero-order valence-corrected chi connectivity index (χ0v) is 8.29. The van der Waals surface area contributed by atoms with Crippen molar-refractivity contribution in [2.24, 2.45) is 11.7 Å². The molecule has 1 atom stereocenters. The molecule has 3 N–H and O–H groups in total. The molecule has 0 aromatic rings. The van der Waals surface area contributed by atoms with Crippen LogP contribution in [0.4, 0.5) is 0 Å². The molecule has 1 aliphatic carbocycles. The van der Waals surface area contributed by atoms with Gasteiger partial charge in [-0.2, -0.15) is 0 Å². The first kappa shape index (κ1) is 9.65. The Bertz CT molecular complexity index is 199. The molecule has 1 aliphatic rings. The predicted molar refractivity (Wildman–Crippen MR) is 55.5 cm³/mol. The fraction of sp³-hybridized carbons (Fsp3) is 0.667. The molecule has 0 aliphatic heterocycles. The Balaban J connectivity index is 2.23. The van der Waals surface area contributed by atoms with Crippen LogP contribution in [0.3, 0.4) is 0 Å². The van der Waals surface area contributed by atoms with Gasteiger partial charge in [-0.25, -0.2) is 0 Å². The van der Waals surface area contributed by atoms with Crippen molar-refractivity contribution in [1.29, 1.82) is 5.41 Å². The van der Waals surface area contributed by atoms with Gasteiger partial charge in [-0.15, -0.1) is 0 Å². The zero-order valence-electron chi connectivity index (χ0n) is 7.47. The molecular weight excluding hydrogens is 168 g/mol. The highest BCUT2D eigenvalue weighted by atomic mass is 32.2. The van der Waals surface area contributed by atoms with Gasteiger partial charge in [0.2, 0.25) is 0 Å². The first-order chi connectivity index (χ1) is 5.68. The van der Waals surface area contributed by atoms with Gasteiger partial charge in [-0.1, -0.05) is 23.4 Å². The maximum Gasteiger partial charge on any atom is 0.151 e. The van der Waals surface area contributed by atoms with E-state index in [1.54, 1.807) is 0 Å². The summed E-state index contributed by atoms with van der Waals surface area (Å²) in [5, 5.41) is 7.33. The van der Waals surface area contributed by atoms with E-state index in [0.29, 0.717) is 0 Å². The zero-order chi connectivity index (χ0) is 8.97. The number of thioether (sulfide) groups is 1. The third kappa shape index (κ3) is 3.30. The van der Waals surface area contributed by atoms with E-state index < -0.39 is 0 Å². The summed E-state index contributed by atoms with van der Waals surface area (Å²) >= 11 is 1.47. The van der Waals surface area contributed by atoms with Crippen LogP contribution in [0, 0.1) is 11.3 Å². The number of rotatable bonds is 2. The molecule has 0 saturated heterocycles.